The minimum Gasteiger partial charge on any atom is -0.492 e. The number of hydrogen-bond donors (Lipinski definition) is 2. The van der Waals surface area contributed by atoms with Gasteiger partial charge in [0.25, 0.3) is 0 Å². The Kier molecular flexibility index (Phi) is 5.84. The van der Waals surface area contributed by atoms with E-state index in [1.807, 2.05) is 0 Å². The van der Waals surface area contributed by atoms with Crippen molar-refractivity contribution in [2.24, 2.45) is 5.92 Å². The van der Waals surface area contributed by atoms with Crippen LogP contribution in [0.3, 0.4) is 0 Å². The summed E-state index contributed by atoms with van der Waals surface area (Å²) in [7, 11) is -3.32. The highest BCUT2D eigenvalue weighted by molar-refractivity contribution is 7.89. The molecule has 1 aliphatic rings. The monoisotopic (exact) mass is 314 g/mol. The molecule has 1 heterocycles. The number of anilines is 1. The minimum absolute atomic E-state index is 0.0740. The minimum atomic E-state index is -3.32. The zero-order valence-corrected chi connectivity index (χ0v) is 12.8. The van der Waals surface area contributed by atoms with Crippen LogP contribution in [0, 0.1) is 5.92 Å². The van der Waals surface area contributed by atoms with Crippen LogP contribution >= 0.6 is 0 Å². The molecule has 0 spiro atoms. The molecule has 0 aliphatic carbocycles. The molecule has 1 saturated heterocycles. The number of sulfonamides is 1. The Morgan fingerprint density at radius 1 is 1.43 bits per heavy atom. The lowest BCUT2D eigenvalue weighted by Crippen LogP contribution is -2.35. The normalized spacial score (nSPS) is 19.3. The Morgan fingerprint density at radius 3 is 3.00 bits per heavy atom. The van der Waals surface area contributed by atoms with Gasteiger partial charge in [-0.2, -0.15) is 0 Å². The average Bonchev–Trinajstić information content (AvgIpc) is 2.46. The molecule has 1 fully saturated rings. The molecule has 118 valence electrons. The van der Waals surface area contributed by atoms with Crippen molar-refractivity contribution in [3.05, 3.63) is 24.3 Å². The number of ether oxygens (including phenoxy) is 2. The van der Waals surface area contributed by atoms with Crippen molar-refractivity contribution in [1.82, 2.24) is 4.72 Å². The van der Waals surface area contributed by atoms with Crippen LogP contribution in [0.5, 0.6) is 5.75 Å². The highest BCUT2D eigenvalue weighted by atomic mass is 32.2. The molecule has 1 aliphatic heterocycles. The first-order chi connectivity index (χ1) is 10.1. The second-order valence-corrected chi connectivity index (χ2v) is 7.10. The molecule has 0 saturated carbocycles. The van der Waals surface area contributed by atoms with Crippen LogP contribution in [-0.4, -0.2) is 40.5 Å². The van der Waals surface area contributed by atoms with Crippen molar-refractivity contribution < 1.29 is 17.9 Å². The van der Waals surface area contributed by atoms with Crippen LogP contribution in [0.4, 0.5) is 5.69 Å². The van der Waals surface area contributed by atoms with Gasteiger partial charge in [-0.3, -0.25) is 0 Å². The van der Waals surface area contributed by atoms with Gasteiger partial charge < -0.3 is 15.2 Å². The summed E-state index contributed by atoms with van der Waals surface area (Å²) in [5.41, 5.74) is 6.21. The van der Waals surface area contributed by atoms with Crippen molar-refractivity contribution in [3.8, 4) is 5.75 Å². The summed E-state index contributed by atoms with van der Waals surface area (Å²) < 4.78 is 37.1. The van der Waals surface area contributed by atoms with E-state index in [-0.39, 0.29) is 18.3 Å². The van der Waals surface area contributed by atoms with E-state index in [9.17, 15) is 8.42 Å². The predicted octanol–water partition coefficient (Wildman–Crippen LogP) is 0.994. The van der Waals surface area contributed by atoms with Gasteiger partial charge in [0, 0.05) is 24.9 Å². The van der Waals surface area contributed by atoms with Gasteiger partial charge in [0.05, 0.1) is 12.4 Å². The van der Waals surface area contributed by atoms with Gasteiger partial charge in [-0.1, -0.05) is 6.07 Å². The molecule has 0 bridgehead atoms. The van der Waals surface area contributed by atoms with Crippen LogP contribution in [0.2, 0.25) is 0 Å². The molecule has 1 aromatic rings. The molecule has 1 atom stereocenters. The second kappa shape index (κ2) is 7.63. The van der Waals surface area contributed by atoms with E-state index in [2.05, 4.69) is 4.72 Å². The Morgan fingerprint density at radius 2 is 2.29 bits per heavy atom. The summed E-state index contributed by atoms with van der Waals surface area (Å²) in [4.78, 5) is 0. The maximum atomic E-state index is 11.9. The summed E-state index contributed by atoms with van der Waals surface area (Å²) in [6, 6.07) is 6.92. The summed E-state index contributed by atoms with van der Waals surface area (Å²) in [6.07, 6.45) is 1.99. The third kappa shape index (κ3) is 5.91. The third-order valence-electron chi connectivity index (χ3n) is 3.33. The van der Waals surface area contributed by atoms with Gasteiger partial charge in [-0.15, -0.1) is 0 Å². The smallest absolute Gasteiger partial charge is 0.214 e. The van der Waals surface area contributed by atoms with Crippen molar-refractivity contribution in [3.63, 3.8) is 0 Å². The fourth-order valence-electron chi connectivity index (χ4n) is 2.16. The van der Waals surface area contributed by atoms with E-state index in [0.717, 1.165) is 19.4 Å². The molecule has 21 heavy (non-hydrogen) atoms. The van der Waals surface area contributed by atoms with Crippen LogP contribution in [0.25, 0.3) is 0 Å². The maximum Gasteiger partial charge on any atom is 0.214 e. The van der Waals surface area contributed by atoms with E-state index in [0.29, 0.717) is 24.6 Å². The molecular weight excluding hydrogens is 292 g/mol. The number of benzene rings is 1. The molecule has 2 rings (SSSR count). The molecule has 0 aromatic heterocycles. The van der Waals surface area contributed by atoms with Gasteiger partial charge in [0.1, 0.15) is 12.4 Å². The predicted molar refractivity (Wildman–Crippen MR) is 81.7 cm³/mol. The van der Waals surface area contributed by atoms with Crippen LogP contribution in [-0.2, 0) is 14.8 Å². The van der Waals surface area contributed by atoms with E-state index in [4.69, 9.17) is 15.2 Å². The Balaban J connectivity index is 1.70. The summed E-state index contributed by atoms with van der Waals surface area (Å²) >= 11 is 0. The van der Waals surface area contributed by atoms with Crippen LogP contribution < -0.4 is 15.2 Å². The van der Waals surface area contributed by atoms with Crippen molar-refractivity contribution in [2.45, 2.75) is 12.8 Å². The first-order valence-corrected chi connectivity index (χ1v) is 8.74. The summed E-state index contributed by atoms with van der Waals surface area (Å²) in [5.74, 6) is 0.768. The number of nitrogens with one attached hydrogen (secondary N) is 1. The zero-order valence-electron chi connectivity index (χ0n) is 12.0. The molecule has 1 unspecified atom stereocenters. The Labute approximate surface area is 125 Å². The van der Waals surface area contributed by atoms with Gasteiger partial charge >= 0.3 is 0 Å². The van der Waals surface area contributed by atoms with Crippen LogP contribution in [0.1, 0.15) is 12.8 Å². The van der Waals surface area contributed by atoms with Gasteiger partial charge in [-0.25, -0.2) is 13.1 Å². The lowest BCUT2D eigenvalue weighted by molar-refractivity contribution is 0.0568. The van der Waals surface area contributed by atoms with Crippen molar-refractivity contribution in [1.29, 1.82) is 0 Å². The van der Waals surface area contributed by atoms with Gasteiger partial charge in [0.2, 0.25) is 10.0 Å². The molecule has 3 N–H and O–H groups in total. The van der Waals surface area contributed by atoms with Crippen LogP contribution in [0.15, 0.2) is 24.3 Å². The van der Waals surface area contributed by atoms with E-state index >= 15 is 0 Å². The molecule has 1 aromatic carbocycles. The lowest BCUT2D eigenvalue weighted by Gasteiger charge is -2.22. The fourth-order valence-corrected chi connectivity index (χ4v) is 3.10. The van der Waals surface area contributed by atoms with E-state index in [1.165, 1.54) is 0 Å². The second-order valence-electron chi connectivity index (χ2n) is 5.17. The summed E-state index contributed by atoms with van der Waals surface area (Å²) in [5, 5.41) is 0. The molecular formula is C14H22N2O4S. The van der Waals surface area contributed by atoms with Crippen molar-refractivity contribution in [2.75, 3.05) is 37.9 Å². The SMILES string of the molecule is Nc1cccc(OCCS(=O)(=O)NCC2CCCOC2)c1. The first kappa shape index (κ1) is 16.1. The molecule has 6 nitrogen and oxygen atoms in total. The highest BCUT2D eigenvalue weighted by Crippen LogP contribution is 2.14. The number of rotatable bonds is 7. The third-order valence-corrected chi connectivity index (χ3v) is 4.64. The summed E-state index contributed by atoms with van der Waals surface area (Å²) in [6.45, 7) is 1.93. The van der Waals surface area contributed by atoms with Gasteiger partial charge in [-0.05, 0) is 30.9 Å². The number of nitrogen functional groups attached to an aromatic ring is 1. The Hall–Kier alpha value is -1.31. The zero-order chi connectivity index (χ0) is 15.1. The van der Waals surface area contributed by atoms with Crippen molar-refractivity contribution >= 4 is 15.7 Å². The van der Waals surface area contributed by atoms with Gasteiger partial charge in [0.15, 0.2) is 0 Å². The number of hydrogen-bond acceptors (Lipinski definition) is 5. The molecule has 7 heteroatoms. The standard InChI is InChI=1S/C14H22N2O4S/c15-13-4-1-5-14(9-13)20-7-8-21(17,18)16-10-12-3-2-6-19-11-12/h1,4-5,9,12,16H,2-3,6-8,10-11,15H2. The van der Waals surface area contributed by atoms with E-state index in [1.54, 1.807) is 24.3 Å². The Bertz CT molecular complexity index is 542. The molecule has 0 amide bonds. The quantitative estimate of drug-likeness (QED) is 0.733. The fraction of sp³-hybridized carbons (Fsp3) is 0.571. The first-order valence-electron chi connectivity index (χ1n) is 7.08. The lowest BCUT2D eigenvalue weighted by atomic mass is 10.0. The largest absolute Gasteiger partial charge is 0.492 e. The highest BCUT2D eigenvalue weighted by Gasteiger charge is 2.17. The average molecular weight is 314 g/mol. The topological polar surface area (TPSA) is 90.7 Å². The molecule has 0 radical (unpaired) electrons. The number of nitrogens with two attached hydrogens (primary N) is 1. The maximum absolute atomic E-state index is 11.9. The van der Waals surface area contributed by atoms with E-state index < -0.39 is 10.0 Å².